The fourth-order valence-corrected chi connectivity index (χ4v) is 5.17. The van der Waals surface area contributed by atoms with Crippen LogP contribution in [0.5, 0.6) is 5.75 Å². The number of aromatic nitrogens is 2. The molecule has 0 N–H and O–H groups in total. The van der Waals surface area contributed by atoms with Crippen molar-refractivity contribution in [3.05, 3.63) is 78.6 Å². The molecule has 0 fully saturated rings. The lowest BCUT2D eigenvalue weighted by Gasteiger charge is -2.20. The number of rotatable bonds is 10. The lowest BCUT2D eigenvalue weighted by molar-refractivity contribution is -0.118. The molecule has 4 rings (SSSR count). The Hall–Kier alpha value is -2.90. The average Bonchev–Trinajstić information content (AvgIpc) is 3.27. The third kappa shape index (κ3) is 5.66. The Labute approximate surface area is 196 Å². The van der Waals surface area contributed by atoms with Crippen molar-refractivity contribution in [3.8, 4) is 5.75 Å². The summed E-state index contributed by atoms with van der Waals surface area (Å²) in [6.07, 6.45) is 4.80. The molecule has 0 atom stereocenters. The maximum absolute atomic E-state index is 13.3. The van der Waals surface area contributed by atoms with Crippen LogP contribution in [0.2, 0.25) is 0 Å². The van der Waals surface area contributed by atoms with Gasteiger partial charge in [0.2, 0.25) is 5.91 Å². The molecule has 0 aliphatic carbocycles. The monoisotopic (exact) mass is 463 g/mol. The molecule has 0 aliphatic heterocycles. The van der Waals surface area contributed by atoms with Crippen molar-refractivity contribution in [3.63, 3.8) is 0 Å². The molecule has 0 unspecified atom stereocenters. The number of nitrogens with zero attached hydrogens (tertiary/aromatic N) is 3. The number of thiazole rings is 1. The van der Waals surface area contributed by atoms with E-state index in [-0.39, 0.29) is 5.91 Å². The van der Waals surface area contributed by atoms with Gasteiger partial charge in [-0.05, 0) is 55.0 Å². The fourth-order valence-electron chi connectivity index (χ4n) is 3.30. The van der Waals surface area contributed by atoms with E-state index in [0.29, 0.717) is 24.7 Å². The average molecular weight is 464 g/mol. The van der Waals surface area contributed by atoms with Gasteiger partial charge in [0.15, 0.2) is 5.13 Å². The van der Waals surface area contributed by atoms with E-state index in [4.69, 9.17) is 9.72 Å². The maximum Gasteiger partial charge on any atom is 0.229 e. The number of thioether (sulfide) groups is 1. The molecule has 4 aromatic rings. The van der Waals surface area contributed by atoms with Crippen LogP contribution in [0, 0.1) is 0 Å². The molecule has 0 spiro atoms. The van der Waals surface area contributed by atoms with E-state index in [0.717, 1.165) is 33.7 Å². The molecule has 1 amide bonds. The van der Waals surface area contributed by atoms with Gasteiger partial charge in [-0.25, -0.2) is 4.98 Å². The number of carbonyl (C=O) groups is 1. The summed E-state index contributed by atoms with van der Waals surface area (Å²) >= 11 is 3.29. The summed E-state index contributed by atoms with van der Waals surface area (Å²) in [5.41, 5.74) is 1.78. The van der Waals surface area contributed by atoms with Crippen LogP contribution in [0.3, 0.4) is 0 Å². The van der Waals surface area contributed by atoms with E-state index in [2.05, 4.69) is 17.1 Å². The van der Waals surface area contributed by atoms with Crippen LogP contribution >= 0.6 is 23.1 Å². The minimum atomic E-state index is 0.0690. The summed E-state index contributed by atoms with van der Waals surface area (Å²) in [4.78, 5) is 25.3. The van der Waals surface area contributed by atoms with Crippen LogP contribution in [0.15, 0.2) is 78.0 Å². The first-order valence-corrected chi connectivity index (χ1v) is 12.4. The molecule has 0 saturated carbocycles. The number of pyridine rings is 1. The summed E-state index contributed by atoms with van der Waals surface area (Å²) in [5.74, 6) is 1.71. The van der Waals surface area contributed by atoms with Gasteiger partial charge < -0.3 is 4.74 Å². The largest absolute Gasteiger partial charge is 0.492 e. The van der Waals surface area contributed by atoms with Crippen LogP contribution in [-0.4, -0.2) is 28.2 Å². The molecule has 164 valence electrons. The summed E-state index contributed by atoms with van der Waals surface area (Å²) in [5, 5.41) is 0.691. The molecule has 0 aliphatic rings. The van der Waals surface area contributed by atoms with Gasteiger partial charge in [-0.15, -0.1) is 11.8 Å². The van der Waals surface area contributed by atoms with Gasteiger partial charge in [0, 0.05) is 23.7 Å². The minimum absolute atomic E-state index is 0.0690. The second-order valence-electron chi connectivity index (χ2n) is 7.14. The first kappa shape index (κ1) is 22.3. The molecule has 0 radical (unpaired) electrons. The standard InChI is InChI=1S/C25H25N3O2S2/c1-2-30-21-12-6-13-22-24(21)27-25(32-22)28(18-19-9-7-15-26-17-19)23(29)14-8-16-31-20-10-4-3-5-11-20/h3-7,9-13,15,17H,2,8,14,16,18H2,1H3. The number of anilines is 1. The van der Waals surface area contributed by atoms with Crippen LogP contribution in [0.25, 0.3) is 10.2 Å². The maximum atomic E-state index is 13.3. The van der Waals surface area contributed by atoms with Crippen LogP contribution in [0.1, 0.15) is 25.3 Å². The molecule has 2 heterocycles. The quantitative estimate of drug-likeness (QED) is 0.207. The second-order valence-corrected chi connectivity index (χ2v) is 9.32. The highest BCUT2D eigenvalue weighted by Gasteiger charge is 2.21. The molecule has 32 heavy (non-hydrogen) atoms. The molecule has 2 aromatic carbocycles. The van der Waals surface area contributed by atoms with Crippen molar-refractivity contribution in [1.82, 2.24) is 9.97 Å². The van der Waals surface area contributed by atoms with Gasteiger partial charge in [0.05, 0.1) is 17.9 Å². The number of hydrogen-bond acceptors (Lipinski definition) is 6. The zero-order valence-corrected chi connectivity index (χ0v) is 19.6. The van der Waals surface area contributed by atoms with Gasteiger partial charge in [0.25, 0.3) is 0 Å². The van der Waals surface area contributed by atoms with Gasteiger partial charge in [-0.1, -0.05) is 41.7 Å². The molecule has 2 aromatic heterocycles. The zero-order chi connectivity index (χ0) is 22.2. The number of benzene rings is 2. The molecular formula is C25H25N3O2S2. The van der Waals surface area contributed by atoms with Crippen molar-refractivity contribution in [1.29, 1.82) is 0 Å². The zero-order valence-electron chi connectivity index (χ0n) is 17.9. The third-order valence-electron chi connectivity index (χ3n) is 4.81. The summed E-state index contributed by atoms with van der Waals surface area (Å²) < 4.78 is 6.75. The number of carbonyl (C=O) groups excluding carboxylic acids is 1. The Balaban J connectivity index is 1.51. The number of amides is 1. The van der Waals surface area contributed by atoms with Crippen molar-refractivity contribution >= 4 is 44.4 Å². The number of ether oxygens (including phenoxy) is 1. The Bertz CT molecular complexity index is 1150. The Morgan fingerprint density at radius 1 is 1.09 bits per heavy atom. The first-order valence-electron chi connectivity index (χ1n) is 10.6. The SMILES string of the molecule is CCOc1cccc2sc(N(Cc3cccnc3)C(=O)CCCSc3ccccc3)nc12. The van der Waals surface area contributed by atoms with Crippen molar-refractivity contribution in [2.75, 3.05) is 17.3 Å². The third-order valence-corrected chi connectivity index (χ3v) is 6.95. The smallest absolute Gasteiger partial charge is 0.229 e. The Morgan fingerprint density at radius 3 is 2.75 bits per heavy atom. The first-order chi connectivity index (χ1) is 15.7. The van der Waals surface area contributed by atoms with Crippen molar-refractivity contribution in [2.24, 2.45) is 0 Å². The highest BCUT2D eigenvalue weighted by molar-refractivity contribution is 7.99. The topological polar surface area (TPSA) is 55.3 Å². The van der Waals surface area contributed by atoms with E-state index in [1.54, 1.807) is 29.1 Å². The predicted octanol–water partition coefficient (Wildman–Crippen LogP) is 6.20. The number of hydrogen-bond donors (Lipinski definition) is 0. The molecule has 0 bridgehead atoms. The normalized spacial score (nSPS) is 10.9. The molecule has 7 heteroatoms. The lowest BCUT2D eigenvalue weighted by atomic mass is 10.2. The van der Waals surface area contributed by atoms with Gasteiger partial charge >= 0.3 is 0 Å². The Kier molecular flexibility index (Phi) is 7.74. The van der Waals surface area contributed by atoms with E-state index in [1.807, 2.05) is 55.5 Å². The number of para-hydroxylation sites is 1. The van der Waals surface area contributed by atoms with Crippen LogP contribution < -0.4 is 9.64 Å². The Morgan fingerprint density at radius 2 is 1.97 bits per heavy atom. The number of fused-ring (bicyclic) bond motifs is 1. The van der Waals surface area contributed by atoms with E-state index in [1.165, 1.54) is 16.2 Å². The summed E-state index contributed by atoms with van der Waals surface area (Å²) in [7, 11) is 0. The van der Waals surface area contributed by atoms with Crippen molar-refractivity contribution in [2.45, 2.75) is 31.2 Å². The fraction of sp³-hybridized carbons (Fsp3) is 0.240. The van der Waals surface area contributed by atoms with E-state index in [9.17, 15) is 4.79 Å². The summed E-state index contributed by atoms with van der Waals surface area (Å²) in [6, 6.07) is 20.0. The summed E-state index contributed by atoms with van der Waals surface area (Å²) in [6.45, 7) is 2.98. The highest BCUT2D eigenvalue weighted by Crippen LogP contribution is 2.35. The highest BCUT2D eigenvalue weighted by atomic mass is 32.2. The molecule has 0 saturated heterocycles. The van der Waals surface area contributed by atoms with Gasteiger partial charge in [-0.2, -0.15) is 0 Å². The lowest BCUT2D eigenvalue weighted by Crippen LogP contribution is -2.30. The van der Waals surface area contributed by atoms with E-state index < -0.39 is 0 Å². The van der Waals surface area contributed by atoms with Crippen molar-refractivity contribution < 1.29 is 9.53 Å². The predicted molar refractivity (Wildman–Crippen MR) is 133 cm³/mol. The minimum Gasteiger partial charge on any atom is -0.492 e. The van der Waals surface area contributed by atoms with Gasteiger partial charge in [0.1, 0.15) is 11.3 Å². The van der Waals surface area contributed by atoms with E-state index >= 15 is 0 Å². The second kappa shape index (κ2) is 11.1. The van der Waals surface area contributed by atoms with Gasteiger partial charge in [-0.3, -0.25) is 14.7 Å². The van der Waals surface area contributed by atoms with Crippen LogP contribution in [-0.2, 0) is 11.3 Å². The van der Waals surface area contributed by atoms with Crippen LogP contribution in [0.4, 0.5) is 5.13 Å². The molecule has 5 nitrogen and oxygen atoms in total. The molecular weight excluding hydrogens is 438 g/mol.